The van der Waals surface area contributed by atoms with Crippen LogP contribution in [-0.4, -0.2) is 44.0 Å². The highest BCUT2D eigenvalue weighted by Gasteiger charge is 2.22. The van der Waals surface area contributed by atoms with E-state index in [4.69, 9.17) is 13.9 Å². The van der Waals surface area contributed by atoms with Gasteiger partial charge in [0.05, 0.1) is 13.7 Å². The molecule has 1 heterocycles. The van der Waals surface area contributed by atoms with Gasteiger partial charge in [-0.05, 0) is 19.1 Å². The zero-order valence-electron chi connectivity index (χ0n) is 12.3. The number of nitrogens with one attached hydrogen (secondary N) is 1. The fourth-order valence-electron chi connectivity index (χ4n) is 2.03. The molecular weight excluding hydrogens is 274 g/mol. The number of para-hydroxylation sites is 1. The molecule has 0 spiro atoms. The third kappa shape index (κ3) is 3.53. The molecule has 1 unspecified atom stereocenters. The number of ether oxygens (including phenoxy) is 2. The molecule has 114 valence electrons. The summed E-state index contributed by atoms with van der Waals surface area (Å²) in [4.78, 5) is 12.1. The van der Waals surface area contributed by atoms with E-state index in [1.165, 1.54) is 7.11 Å². The Hall–Kier alpha value is -2.05. The number of furan rings is 1. The van der Waals surface area contributed by atoms with E-state index in [0.717, 1.165) is 5.39 Å². The molecule has 6 nitrogen and oxygen atoms in total. The number of carbonyl (C=O) groups is 1. The molecule has 1 aromatic heterocycles. The van der Waals surface area contributed by atoms with Gasteiger partial charge in [-0.25, -0.2) is 0 Å². The summed E-state index contributed by atoms with van der Waals surface area (Å²) >= 11 is 0. The highest BCUT2D eigenvalue weighted by Crippen LogP contribution is 2.28. The van der Waals surface area contributed by atoms with Gasteiger partial charge < -0.3 is 24.3 Å². The Labute approximate surface area is 122 Å². The molecule has 0 saturated carbocycles. The van der Waals surface area contributed by atoms with E-state index >= 15 is 0 Å². The lowest BCUT2D eigenvalue weighted by molar-refractivity contribution is -0.0148. The van der Waals surface area contributed by atoms with Crippen molar-refractivity contribution in [1.82, 2.24) is 5.32 Å². The van der Waals surface area contributed by atoms with Crippen molar-refractivity contribution in [3.63, 3.8) is 0 Å². The lowest BCUT2D eigenvalue weighted by Gasteiger charge is -2.22. The van der Waals surface area contributed by atoms with Crippen LogP contribution in [0, 0.1) is 0 Å². The van der Waals surface area contributed by atoms with Gasteiger partial charge >= 0.3 is 0 Å². The highest BCUT2D eigenvalue weighted by molar-refractivity contribution is 5.97. The van der Waals surface area contributed by atoms with Crippen molar-refractivity contribution in [2.45, 2.75) is 12.5 Å². The molecule has 1 aromatic carbocycles. The van der Waals surface area contributed by atoms with Crippen LogP contribution >= 0.6 is 0 Å². The quantitative estimate of drug-likeness (QED) is 0.845. The van der Waals surface area contributed by atoms with E-state index in [1.54, 1.807) is 26.2 Å². The number of aliphatic hydroxyl groups is 1. The van der Waals surface area contributed by atoms with Gasteiger partial charge in [0.15, 0.2) is 17.1 Å². The molecule has 2 N–H and O–H groups in total. The van der Waals surface area contributed by atoms with Crippen LogP contribution in [0.1, 0.15) is 17.5 Å². The first-order valence-electron chi connectivity index (χ1n) is 6.53. The van der Waals surface area contributed by atoms with Gasteiger partial charge in [0.25, 0.3) is 5.91 Å². The summed E-state index contributed by atoms with van der Waals surface area (Å²) in [6, 6.07) is 7.05. The third-order valence-electron chi connectivity index (χ3n) is 3.04. The smallest absolute Gasteiger partial charge is 0.287 e. The average molecular weight is 293 g/mol. The van der Waals surface area contributed by atoms with Crippen molar-refractivity contribution in [3.05, 3.63) is 30.0 Å². The van der Waals surface area contributed by atoms with E-state index < -0.39 is 11.5 Å². The number of hydrogen-bond acceptors (Lipinski definition) is 5. The van der Waals surface area contributed by atoms with E-state index in [-0.39, 0.29) is 18.9 Å². The van der Waals surface area contributed by atoms with E-state index in [1.807, 2.05) is 12.1 Å². The third-order valence-corrected chi connectivity index (χ3v) is 3.04. The summed E-state index contributed by atoms with van der Waals surface area (Å²) in [5.74, 6) is 0.338. The Morgan fingerprint density at radius 3 is 2.86 bits per heavy atom. The minimum Gasteiger partial charge on any atom is -0.493 e. The fraction of sp³-hybridized carbons (Fsp3) is 0.400. The minimum absolute atomic E-state index is 0.0633. The Balaban J connectivity index is 2.13. The van der Waals surface area contributed by atoms with Gasteiger partial charge in [-0.15, -0.1) is 0 Å². The van der Waals surface area contributed by atoms with Gasteiger partial charge in [-0.1, -0.05) is 12.1 Å². The number of carbonyl (C=O) groups excluding carboxylic acids is 1. The molecule has 1 amide bonds. The van der Waals surface area contributed by atoms with Crippen molar-refractivity contribution in [3.8, 4) is 5.75 Å². The van der Waals surface area contributed by atoms with Crippen molar-refractivity contribution < 1.29 is 23.8 Å². The molecule has 0 aliphatic rings. The zero-order chi connectivity index (χ0) is 15.5. The van der Waals surface area contributed by atoms with Crippen LogP contribution in [0.5, 0.6) is 5.75 Å². The Morgan fingerprint density at radius 1 is 1.43 bits per heavy atom. The predicted molar refractivity (Wildman–Crippen MR) is 77.6 cm³/mol. The first kappa shape index (κ1) is 15.3. The summed E-state index contributed by atoms with van der Waals surface area (Å²) in [5, 5.41) is 13.3. The number of fused-ring (bicyclic) bond motifs is 1. The van der Waals surface area contributed by atoms with Gasteiger partial charge in [0.2, 0.25) is 0 Å². The molecule has 2 rings (SSSR count). The normalized spacial score (nSPS) is 13.9. The fourth-order valence-corrected chi connectivity index (χ4v) is 2.03. The van der Waals surface area contributed by atoms with Gasteiger partial charge in [0, 0.05) is 19.0 Å². The molecule has 1 atom stereocenters. The van der Waals surface area contributed by atoms with Crippen LogP contribution in [-0.2, 0) is 4.74 Å². The Kier molecular flexibility index (Phi) is 4.50. The van der Waals surface area contributed by atoms with Crippen LogP contribution in [0.15, 0.2) is 28.7 Å². The summed E-state index contributed by atoms with van der Waals surface area (Å²) in [7, 11) is 3.03. The van der Waals surface area contributed by atoms with Crippen molar-refractivity contribution in [2.75, 3.05) is 27.4 Å². The molecule has 0 saturated heterocycles. The van der Waals surface area contributed by atoms with Gasteiger partial charge in [-0.3, -0.25) is 4.79 Å². The van der Waals surface area contributed by atoms with Crippen LogP contribution in [0.25, 0.3) is 11.0 Å². The maximum Gasteiger partial charge on any atom is 0.287 e. The molecule has 0 aliphatic carbocycles. The number of amides is 1. The monoisotopic (exact) mass is 293 g/mol. The standard InChI is InChI=1S/C15H19NO5/c1-15(18,9-19-2)8-16-14(17)12-7-10-5-4-6-11(20-3)13(10)21-12/h4-7,18H,8-9H2,1-3H3,(H,16,17). The summed E-state index contributed by atoms with van der Waals surface area (Å²) in [6.45, 7) is 1.77. The second-order valence-electron chi connectivity index (χ2n) is 5.10. The maximum atomic E-state index is 12.1. The molecule has 21 heavy (non-hydrogen) atoms. The second kappa shape index (κ2) is 6.15. The van der Waals surface area contributed by atoms with Gasteiger partial charge in [0.1, 0.15) is 5.60 Å². The zero-order valence-corrected chi connectivity index (χ0v) is 12.3. The van der Waals surface area contributed by atoms with Crippen molar-refractivity contribution in [1.29, 1.82) is 0 Å². The summed E-state index contributed by atoms with van der Waals surface area (Å²) < 4.78 is 15.6. The largest absolute Gasteiger partial charge is 0.493 e. The lowest BCUT2D eigenvalue weighted by Crippen LogP contribution is -2.43. The SMILES string of the molecule is COCC(C)(O)CNC(=O)c1cc2cccc(OC)c2o1. The summed E-state index contributed by atoms with van der Waals surface area (Å²) in [6.07, 6.45) is 0. The van der Waals surface area contributed by atoms with Crippen LogP contribution in [0.4, 0.5) is 0 Å². The topological polar surface area (TPSA) is 80.9 Å². The molecular formula is C15H19NO5. The number of benzene rings is 1. The number of hydrogen-bond donors (Lipinski definition) is 2. The maximum absolute atomic E-state index is 12.1. The minimum atomic E-state index is -1.13. The lowest BCUT2D eigenvalue weighted by atomic mass is 10.1. The molecule has 2 aromatic rings. The second-order valence-corrected chi connectivity index (χ2v) is 5.10. The Bertz CT molecular complexity index is 632. The van der Waals surface area contributed by atoms with Crippen LogP contribution in [0.3, 0.4) is 0 Å². The van der Waals surface area contributed by atoms with E-state index in [9.17, 15) is 9.90 Å². The summed E-state index contributed by atoms with van der Waals surface area (Å²) in [5.41, 5.74) is -0.609. The molecule has 0 bridgehead atoms. The van der Waals surface area contributed by atoms with E-state index in [0.29, 0.717) is 11.3 Å². The van der Waals surface area contributed by atoms with Gasteiger partial charge in [-0.2, -0.15) is 0 Å². The molecule has 0 fully saturated rings. The Morgan fingerprint density at radius 2 is 2.19 bits per heavy atom. The average Bonchev–Trinajstić information content (AvgIpc) is 2.88. The van der Waals surface area contributed by atoms with E-state index in [2.05, 4.69) is 5.32 Å². The first-order valence-corrected chi connectivity index (χ1v) is 6.53. The van der Waals surface area contributed by atoms with Crippen LogP contribution in [0.2, 0.25) is 0 Å². The van der Waals surface area contributed by atoms with Crippen molar-refractivity contribution in [2.24, 2.45) is 0 Å². The molecule has 0 aliphatic heterocycles. The van der Waals surface area contributed by atoms with Crippen molar-refractivity contribution >= 4 is 16.9 Å². The molecule has 6 heteroatoms. The van der Waals surface area contributed by atoms with Crippen LogP contribution < -0.4 is 10.1 Å². The predicted octanol–water partition coefficient (Wildman–Crippen LogP) is 1.57. The first-order chi connectivity index (χ1) is 9.96. The highest BCUT2D eigenvalue weighted by atomic mass is 16.5. The molecule has 0 radical (unpaired) electrons. The number of methoxy groups -OCH3 is 2. The number of rotatable bonds is 6.